The van der Waals surface area contributed by atoms with Crippen molar-refractivity contribution in [2.45, 2.75) is 45.2 Å². The third-order valence-corrected chi connectivity index (χ3v) is 3.48. The summed E-state index contributed by atoms with van der Waals surface area (Å²) in [4.78, 5) is 0. The molecule has 0 radical (unpaired) electrons. The molecule has 1 aliphatic heterocycles. The SMILES string of the molecule is CC1(C)CCCC1NC1CNC1. The molecule has 2 aliphatic rings. The van der Waals surface area contributed by atoms with E-state index in [0.29, 0.717) is 5.41 Å². The highest BCUT2D eigenvalue weighted by atomic mass is 15.1. The van der Waals surface area contributed by atoms with Crippen LogP contribution in [0.25, 0.3) is 0 Å². The summed E-state index contributed by atoms with van der Waals surface area (Å²) in [5.41, 5.74) is 0.537. The van der Waals surface area contributed by atoms with Crippen LogP contribution in [-0.4, -0.2) is 25.2 Å². The molecule has 2 rings (SSSR count). The third kappa shape index (κ3) is 1.50. The van der Waals surface area contributed by atoms with Gasteiger partial charge in [-0.25, -0.2) is 0 Å². The van der Waals surface area contributed by atoms with Crippen LogP contribution in [0.5, 0.6) is 0 Å². The fraction of sp³-hybridized carbons (Fsp3) is 1.00. The van der Waals surface area contributed by atoms with E-state index in [1.54, 1.807) is 0 Å². The Morgan fingerprint density at radius 1 is 1.33 bits per heavy atom. The van der Waals surface area contributed by atoms with Gasteiger partial charge in [-0.05, 0) is 18.3 Å². The van der Waals surface area contributed by atoms with Gasteiger partial charge in [0, 0.05) is 25.2 Å². The van der Waals surface area contributed by atoms with Crippen molar-refractivity contribution in [3.63, 3.8) is 0 Å². The van der Waals surface area contributed by atoms with Crippen LogP contribution in [-0.2, 0) is 0 Å². The van der Waals surface area contributed by atoms with E-state index in [2.05, 4.69) is 24.5 Å². The molecule has 2 nitrogen and oxygen atoms in total. The Kier molecular flexibility index (Phi) is 2.13. The van der Waals surface area contributed by atoms with Crippen LogP contribution in [0.15, 0.2) is 0 Å². The molecule has 1 unspecified atom stereocenters. The quantitative estimate of drug-likeness (QED) is 0.646. The first-order valence-electron chi connectivity index (χ1n) is 5.15. The Hall–Kier alpha value is -0.0800. The number of nitrogens with one attached hydrogen (secondary N) is 2. The zero-order valence-corrected chi connectivity index (χ0v) is 8.19. The van der Waals surface area contributed by atoms with Crippen molar-refractivity contribution >= 4 is 0 Å². The molecule has 2 N–H and O–H groups in total. The van der Waals surface area contributed by atoms with Gasteiger partial charge in [0.2, 0.25) is 0 Å². The monoisotopic (exact) mass is 168 g/mol. The van der Waals surface area contributed by atoms with Crippen LogP contribution in [0.1, 0.15) is 33.1 Å². The summed E-state index contributed by atoms with van der Waals surface area (Å²) in [5, 5.41) is 7.04. The van der Waals surface area contributed by atoms with E-state index in [-0.39, 0.29) is 0 Å². The van der Waals surface area contributed by atoms with Crippen LogP contribution >= 0.6 is 0 Å². The highest BCUT2D eigenvalue weighted by Gasteiger charge is 2.36. The van der Waals surface area contributed by atoms with Crippen molar-refractivity contribution in [2.75, 3.05) is 13.1 Å². The van der Waals surface area contributed by atoms with E-state index in [9.17, 15) is 0 Å². The zero-order chi connectivity index (χ0) is 8.60. The first kappa shape index (κ1) is 8.52. The molecule has 0 aromatic heterocycles. The second-order valence-electron chi connectivity index (χ2n) is 4.96. The molecule has 1 heterocycles. The number of hydrogen-bond donors (Lipinski definition) is 2. The van der Waals surface area contributed by atoms with Crippen LogP contribution in [0.2, 0.25) is 0 Å². The minimum atomic E-state index is 0.537. The minimum Gasteiger partial charge on any atom is -0.314 e. The lowest BCUT2D eigenvalue weighted by atomic mass is 9.86. The van der Waals surface area contributed by atoms with Crippen molar-refractivity contribution in [2.24, 2.45) is 5.41 Å². The van der Waals surface area contributed by atoms with Gasteiger partial charge >= 0.3 is 0 Å². The van der Waals surface area contributed by atoms with Gasteiger partial charge in [0.15, 0.2) is 0 Å². The molecule has 1 aliphatic carbocycles. The molecular formula is C10H20N2. The third-order valence-electron chi connectivity index (χ3n) is 3.48. The first-order valence-corrected chi connectivity index (χ1v) is 5.15. The lowest BCUT2D eigenvalue weighted by molar-refractivity contribution is 0.232. The minimum absolute atomic E-state index is 0.537. The van der Waals surface area contributed by atoms with E-state index in [1.165, 1.54) is 32.4 Å². The number of rotatable bonds is 2. The van der Waals surface area contributed by atoms with E-state index in [1.807, 2.05) is 0 Å². The smallest absolute Gasteiger partial charge is 0.0320 e. The Morgan fingerprint density at radius 2 is 2.08 bits per heavy atom. The maximum absolute atomic E-state index is 3.74. The van der Waals surface area contributed by atoms with Gasteiger partial charge in [0.25, 0.3) is 0 Å². The lowest BCUT2D eigenvalue weighted by Crippen LogP contribution is -2.59. The Morgan fingerprint density at radius 3 is 2.50 bits per heavy atom. The van der Waals surface area contributed by atoms with E-state index in [4.69, 9.17) is 0 Å². The van der Waals surface area contributed by atoms with E-state index >= 15 is 0 Å². The van der Waals surface area contributed by atoms with E-state index < -0.39 is 0 Å². The zero-order valence-electron chi connectivity index (χ0n) is 8.19. The Labute approximate surface area is 75.1 Å². The van der Waals surface area contributed by atoms with Crippen LogP contribution in [0, 0.1) is 5.41 Å². The van der Waals surface area contributed by atoms with Crippen LogP contribution < -0.4 is 10.6 Å². The molecule has 0 aromatic rings. The molecule has 0 aromatic carbocycles. The molecule has 2 heteroatoms. The van der Waals surface area contributed by atoms with Crippen molar-refractivity contribution in [3.05, 3.63) is 0 Å². The number of hydrogen-bond acceptors (Lipinski definition) is 2. The van der Waals surface area contributed by atoms with Gasteiger partial charge in [0.1, 0.15) is 0 Å². The molecule has 1 atom stereocenters. The average Bonchev–Trinajstić information content (AvgIpc) is 2.21. The fourth-order valence-electron chi connectivity index (χ4n) is 2.33. The topological polar surface area (TPSA) is 24.1 Å². The molecule has 0 amide bonds. The molecule has 70 valence electrons. The summed E-state index contributed by atoms with van der Waals surface area (Å²) in [6.45, 7) is 7.13. The summed E-state index contributed by atoms with van der Waals surface area (Å²) < 4.78 is 0. The normalized spacial score (nSPS) is 35.0. The van der Waals surface area contributed by atoms with Crippen molar-refractivity contribution in [3.8, 4) is 0 Å². The van der Waals surface area contributed by atoms with Gasteiger partial charge < -0.3 is 10.6 Å². The summed E-state index contributed by atoms with van der Waals surface area (Å²) in [5.74, 6) is 0. The maximum atomic E-state index is 3.74. The highest BCUT2D eigenvalue weighted by Crippen LogP contribution is 2.37. The molecular weight excluding hydrogens is 148 g/mol. The fourth-order valence-corrected chi connectivity index (χ4v) is 2.33. The molecule has 0 bridgehead atoms. The van der Waals surface area contributed by atoms with Gasteiger partial charge in [-0.1, -0.05) is 20.3 Å². The van der Waals surface area contributed by atoms with E-state index in [0.717, 1.165) is 12.1 Å². The largest absolute Gasteiger partial charge is 0.314 e. The van der Waals surface area contributed by atoms with Crippen LogP contribution in [0.3, 0.4) is 0 Å². The second-order valence-corrected chi connectivity index (χ2v) is 4.96. The average molecular weight is 168 g/mol. The van der Waals surface area contributed by atoms with Crippen molar-refractivity contribution < 1.29 is 0 Å². The summed E-state index contributed by atoms with van der Waals surface area (Å²) >= 11 is 0. The summed E-state index contributed by atoms with van der Waals surface area (Å²) in [6, 6.07) is 1.52. The summed E-state index contributed by atoms with van der Waals surface area (Å²) in [6.07, 6.45) is 4.18. The van der Waals surface area contributed by atoms with Gasteiger partial charge in [0.05, 0.1) is 0 Å². The standard InChI is InChI=1S/C10H20N2/c1-10(2)5-3-4-9(10)12-8-6-11-7-8/h8-9,11-12H,3-7H2,1-2H3. The predicted molar refractivity (Wildman–Crippen MR) is 51.2 cm³/mol. The van der Waals surface area contributed by atoms with Gasteiger partial charge in [-0.15, -0.1) is 0 Å². The van der Waals surface area contributed by atoms with Crippen molar-refractivity contribution in [1.82, 2.24) is 10.6 Å². The highest BCUT2D eigenvalue weighted by molar-refractivity contribution is 4.94. The Balaban J connectivity index is 1.85. The van der Waals surface area contributed by atoms with Crippen LogP contribution in [0.4, 0.5) is 0 Å². The first-order chi connectivity index (χ1) is 5.68. The Bertz CT molecular complexity index is 161. The van der Waals surface area contributed by atoms with Crippen molar-refractivity contribution in [1.29, 1.82) is 0 Å². The predicted octanol–water partition coefficient (Wildman–Crippen LogP) is 1.13. The maximum Gasteiger partial charge on any atom is 0.0320 e. The van der Waals surface area contributed by atoms with Gasteiger partial charge in [-0.2, -0.15) is 0 Å². The molecule has 2 fully saturated rings. The lowest BCUT2D eigenvalue weighted by Gasteiger charge is -2.36. The summed E-state index contributed by atoms with van der Waals surface area (Å²) in [7, 11) is 0. The molecule has 12 heavy (non-hydrogen) atoms. The van der Waals surface area contributed by atoms with Gasteiger partial charge in [-0.3, -0.25) is 0 Å². The molecule has 0 spiro atoms. The molecule has 1 saturated heterocycles. The second kappa shape index (κ2) is 3.00. The molecule has 1 saturated carbocycles.